The Morgan fingerprint density at radius 1 is 1.04 bits per heavy atom. The minimum absolute atomic E-state index is 0.0346. The van der Waals surface area contributed by atoms with E-state index in [-0.39, 0.29) is 35.5 Å². The number of aryl methyl sites for hydroxylation is 1. The molecule has 2 heterocycles. The molecule has 0 radical (unpaired) electrons. The Labute approximate surface area is 133 Å². The average Bonchev–Trinajstić information content (AvgIpc) is 3.21. The molecule has 4 atom stereocenters. The molecular weight excluding hydrogens is 288 g/mol. The number of allylic oxidation sites excluding steroid dienone is 2. The van der Waals surface area contributed by atoms with E-state index in [1.165, 1.54) is 4.90 Å². The third kappa shape index (κ3) is 1.58. The Bertz CT molecular complexity index is 871. The number of fused-ring (bicyclic) bond motifs is 6. The van der Waals surface area contributed by atoms with Gasteiger partial charge in [0, 0.05) is 11.1 Å². The van der Waals surface area contributed by atoms with Crippen molar-refractivity contribution in [2.45, 2.75) is 13.3 Å². The first-order valence-corrected chi connectivity index (χ1v) is 8.07. The Hall–Kier alpha value is -2.49. The minimum Gasteiger partial charge on any atom is -0.274 e. The third-order valence-corrected chi connectivity index (χ3v) is 5.53. The van der Waals surface area contributed by atoms with Gasteiger partial charge in [0.05, 0.1) is 23.0 Å². The van der Waals surface area contributed by atoms with Gasteiger partial charge >= 0.3 is 0 Å². The smallest absolute Gasteiger partial charge is 0.238 e. The van der Waals surface area contributed by atoms with Crippen molar-refractivity contribution in [3.63, 3.8) is 0 Å². The van der Waals surface area contributed by atoms with Gasteiger partial charge in [0.15, 0.2) is 0 Å². The topological polar surface area (TPSA) is 50.3 Å². The highest BCUT2D eigenvalue weighted by atomic mass is 16.2. The maximum Gasteiger partial charge on any atom is 0.238 e. The second-order valence-electron chi connectivity index (χ2n) is 6.81. The number of pyridine rings is 1. The molecule has 0 spiro atoms. The van der Waals surface area contributed by atoms with Gasteiger partial charge in [-0.05, 0) is 37.3 Å². The summed E-state index contributed by atoms with van der Waals surface area (Å²) in [6, 6.07) is 9.54. The summed E-state index contributed by atoms with van der Waals surface area (Å²) in [4.78, 5) is 31.9. The van der Waals surface area contributed by atoms with Crippen molar-refractivity contribution in [2.24, 2.45) is 23.7 Å². The van der Waals surface area contributed by atoms with Crippen molar-refractivity contribution < 1.29 is 9.59 Å². The Kier molecular flexibility index (Phi) is 2.42. The molecule has 1 aromatic carbocycles. The van der Waals surface area contributed by atoms with Crippen LogP contribution in [0.2, 0.25) is 0 Å². The lowest BCUT2D eigenvalue weighted by atomic mass is 9.85. The van der Waals surface area contributed by atoms with Crippen LogP contribution in [-0.4, -0.2) is 16.8 Å². The maximum absolute atomic E-state index is 13.0. The number of nitrogens with zero attached hydrogens (tertiary/aromatic N) is 2. The number of carbonyl (C=O) groups excluding carboxylic acids is 2. The van der Waals surface area contributed by atoms with Crippen LogP contribution in [0.15, 0.2) is 42.5 Å². The molecule has 0 N–H and O–H groups in total. The van der Waals surface area contributed by atoms with Gasteiger partial charge in [-0.2, -0.15) is 0 Å². The van der Waals surface area contributed by atoms with Gasteiger partial charge < -0.3 is 0 Å². The number of hydrogen-bond donors (Lipinski definition) is 0. The van der Waals surface area contributed by atoms with Crippen molar-refractivity contribution in [3.05, 3.63) is 48.2 Å². The van der Waals surface area contributed by atoms with E-state index in [0.29, 0.717) is 5.69 Å². The highest BCUT2D eigenvalue weighted by Crippen LogP contribution is 2.53. The Morgan fingerprint density at radius 2 is 1.70 bits per heavy atom. The van der Waals surface area contributed by atoms with E-state index in [4.69, 9.17) is 0 Å². The molecule has 1 saturated carbocycles. The van der Waals surface area contributed by atoms with Gasteiger partial charge in [-0.1, -0.05) is 30.4 Å². The van der Waals surface area contributed by atoms with Crippen molar-refractivity contribution in [3.8, 4) is 0 Å². The zero-order chi connectivity index (χ0) is 15.7. The fraction of sp³-hybridized carbons (Fsp3) is 0.316. The molecule has 2 fully saturated rings. The fourth-order valence-electron chi connectivity index (χ4n) is 4.61. The summed E-state index contributed by atoms with van der Waals surface area (Å²) in [6.07, 6.45) is 5.20. The highest BCUT2D eigenvalue weighted by Gasteiger charge is 2.59. The largest absolute Gasteiger partial charge is 0.274 e. The molecule has 0 unspecified atom stereocenters. The number of para-hydroxylation sites is 1. The summed E-state index contributed by atoms with van der Waals surface area (Å²) < 4.78 is 0. The fourth-order valence-corrected chi connectivity index (χ4v) is 4.61. The number of benzene rings is 1. The van der Waals surface area contributed by atoms with Gasteiger partial charge in [0.25, 0.3) is 0 Å². The molecule has 1 aliphatic heterocycles. The summed E-state index contributed by atoms with van der Waals surface area (Å²) in [5.41, 5.74) is 2.33. The molecule has 1 saturated heterocycles. The van der Waals surface area contributed by atoms with Crippen LogP contribution in [0.1, 0.15) is 12.1 Å². The van der Waals surface area contributed by atoms with E-state index >= 15 is 0 Å². The van der Waals surface area contributed by atoms with Gasteiger partial charge in [0.2, 0.25) is 11.8 Å². The first kappa shape index (κ1) is 13.0. The predicted molar refractivity (Wildman–Crippen MR) is 86.7 cm³/mol. The molecule has 23 heavy (non-hydrogen) atoms. The minimum atomic E-state index is -0.162. The summed E-state index contributed by atoms with van der Waals surface area (Å²) >= 11 is 0. The van der Waals surface area contributed by atoms with E-state index in [9.17, 15) is 9.59 Å². The SMILES string of the molecule is Cc1cc(N2C(=O)[C@H]3[C@H](C2=O)[C@H]2C=C[C@H]3C2)c2ccccc2n1. The third-order valence-electron chi connectivity index (χ3n) is 5.53. The monoisotopic (exact) mass is 304 g/mol. The van der Waals surface area contributed by atoms with E-state index in [0.717, 1.165) is 23.0 Å². The van der Waals surface area contributed by atoms with Crippen molar-refractivity contribution in [1.82, 2.24) is 4.98 Å². The number of anilines is 1. The molecular formula is C19H16N2O2. The summed E-state index contributed by atoms with van der Waals surface area (Å²) in [5.74, 6) is 0.0796. The lowest BCUT2D eigenvalue weighted by Gasteiger charge is -2.19. The van der Waals surface area contributed by atoms with Gasteiger partial charge in [-0.15, -0.1) is 0 Å². The Morgan fingerprint density at radius 3 is 2.39 bits per heavy atom. The number of aromatic nitrogens is 1. The Balaban J connectivity index is 1.69. The van der Waals surface area contributed by atoms with E-state index in [1.54, 1.807) is 0 Å². The van der Waals surface area contributed by atoms with Crippen LogP contribution in [-0.2, 0) is 9.59 Å². The standard InChI is InChI=1S/C19H16N2O2/c1-10-8-15(13-4-2-3-5-14(13)20-10)21-18(22)16-11-6-7-12(9-11)17(16)19(21)23/h2-8,11-12,16-17H,9H2,1H3/t11-,12-,16+,17+/m0/s1. The van der Waals surface area contributed by atoms with Crippen LogP contribution in [0.3, 0.4) is 0 Å². The summed E-state index contributed by atoms with van der Waals surface area (Å²) in [7, 11) is 0. The second kappa shape index (κ2) is 4.28. The van der Waals surface area contributed by atoms with Gasteiger partial charge in [-0.25, -0.2) is 4.90 Å². The van der Waals surface area contributed by atoms with E-state index in [2.05, 4.69) is 17.1 Å². The number of amides is 2. The number of imide groups is 1. The molecule has 114 valence electrons. The molecule has 2 aliphatic carbocycles. The lowest BCUT2D eigenvalue weighted by Crippen LogP contribution is -2.33. The zero-order valence-corrected chi connectivity index (χ0v) is 12.8. The van der Waals surface area contributed by atoms with Crippen LogP contribution >= 0.6 is 0 Å². The first-order valence-electron chi connectivity index (χ1n) is 8.07. The highest BCUT2D eigenvalue weighted by molar-refractivity contribution is 6.25. The van der Waals surface area contributed by atoms with Crippen molar-refractivity contribution >= 4 is 28.4 Å². The van der Waals surface area contributed by atoms with E-state index in [1.807, 2.05) is 37.3 Å². The van der Waals surface area contributed by atoms with Crippen LogP contribution < -0.4 is 4.90 Å². The number of carbonyl (C=O) groups is 2. The van der Waals surface area contributed by atoms with Crippen LogP contribution in [0.25, 0.3) is 10.9 Å². The molecule has 5 rings (SSSR count). The molecule has 2 bridgehead atoms. The number of hydrogen-bond acceptors (Lipinski definition) is 3. The van der Waals surface area contributed by atoms with E-state index < -0.39 is 0 Å². The van der Waals surface area contributed by atoms with Gasteiger partial charge in [0.1, 0.15) is 0 Å². The molecule has 2 aromatic rings. The summed E-state index contributed by atoms with van der Waals surface area (Å²) in [6.45, 7) is 1.90. The molecule has 4 nitrogen and oxygen atoms in total. The molecule has 2 amide bonds. The lowest BCUT2D eigenvalue weighted by molar-refractivity contribution is -0.123. The maximum atomic E-state index is 13.0. The first-order chi connectivity index (χ1) is 11.1. The predicted octanol–water partition coefficient (Wildman–Crippen LogP) is 2.85. The second-order valence-corrected chi connectivity index (χ2v) is 6.81. The normalized spacial score (nSPS) is 31.4. The molecule has 1 aromatic heterocycles. The van der Waals surface area contributed by atoms with Gasteiger partial charge in [-0.3, -0.25) is 14.6 Å². The van der Waals surface area contributed by atoms with Crippen LogP contribution in [0.5, 0.6) is 0 Å². The average molecular weight is 304 g/mol. The molecule has 3 aliphatic rings. The quantitative estimate of drug-likeness (QED) is 0.601. The molecule has 4 heteroatoms. The summed E-state index contributed by atoms with van der Waals surface area (Å²) in [5, 5.41) is 0.861. The van der Waals surface area contributed by atoms with Crippen molar-refractivity contribution in [2.75, 3.05) is 4.90 Å². The number of rotatable bonds is 1. The van der Waals surface area contributed by atoms with Crippen molar-refractivity contribution in [1.29, 1.82) is 0 Å². The zero-order valence-electron chi connectivity index (χ0n) is 12.8. The van der Waals surface area contributed by atoms with Crippen LogP contribution in [0, 0.1) is 30.6 Å². The van der Waals surface area contributed by atoms with Crippen LogP contribution in [0.4, 0.5) is 5.69 Å².